The van der Waals surface area contributed by atoms with Crippen molar-refractivity contribution in [2.45, 2.75) is 0 Å². The first kappa shape index (κ1) is 16.4. The smallest absolute Gasteiger partial charge is 0.313 e. The maximum absolute atomic E-state index is 12.3. The van der Waals surface area contributed by atoms with Gasteiger partial charge in [-0.2, -0.15) is 5.26 Å². The van der Waals surface area contributed by atoms with Crippen molar-refractivity contribution in [1.82, 2.24) is 14.9 Å². The third-order valence-electron chi connectivity index (χ3n) is 3.89. The van der Waals surface area contributed by atoms with Gasteiger partial charge in [-0.25, -0.2) is 9.97 Å². The zero-order valence-electron chi connectivity index (χ0n) is 13.4. The number of anilines is 2. The fraction of sp³-hybridized carbons (Fsp3) is 0.235. The van der Waals surface area contributed by atoms with E-state index >= 15 is 0 Å². The highest BCUT2D eigenvalue weighted by Crippen LogP contribution is 2.14. The Labute approximate surface area is 144 Å². The van der Waals surface area contributed by atoms with Crippen LogP contribution in [0.4, 0.5) is 11.6 Å². The Balaban J connectivity index is 1.59. The van der Waals surface area contributed by atoms with E-state index in [2.05, 4.69) is 15.3 Å². The number of nitriles is 1. The number of hydrogen-bond acceptors (Lipinski definition) is 6. The van der Waals surface area contributed by atoms with Gasteiger partial charge in [-0.1, -0.05) is 12.1 Å². The Morgan fingerprint density at radius 2 is 1.72 bits per heavy atom. The van der Waals surface area contributed by atoms with Gasteiger partial charge in [0, 0.05) is 38.6 Å². The number of nitrogens with zero attached hydrogens (tertiary/aromatic N) is 5. The first-order chi connectivity index (χ1) is 12.2. The fourth-order valence-corrected chi connectivity index (χ4v) is 2.57. The van der Waals surface area contributed by atoms with E-state index < -0.39 is 11.8 Å². The predicted octanol–water partition coefficient (Wildman–Crippen LogP) is 0.636. The molecule has 2 aromatic rings. The van der Waals surface area contributed by atoms with Crippen molar-refractivity contribution < 1.29 is 9.59 Å². The van der Waals surface area contributed by atoms with Gasteiger partial charge in [-0.15, -0.1) is 0 Å². The summed E-state index contributed by atoms with van der Waals surface area (Å²) >= 11 is 0. The molecule has 0 aliphatic carbocycles. The van der Waals surface area contributed by atoms with E-state index in [1.807, 2.05) is 11.0 Å². The third kappa shape index (κ3) is 3.72. The number of rotatable bonds is 2. The number of hydrogen-bond donors (Lipinski definition) is 1. The summed E-state index contributed by atoms with van der Waals surface area (Å²) in [5.74, 6) is -0.740. The van der Waals surface area contributed by atoms with Gasteiger partial charge in [-0.05, 0) is 18.2 Å². The van der Waals surface area contributed by atoms with Crippen molar-refractivity contribution in [1.29, 1.82) is 5.26 Å². The van der Waals surface area contributed by atoms with Crippen molar-refractivity contribution >= 4 is 23.5 Å². The van der Waals surface area contributed by atoms with Crippen LogP contribution in [0.5, 0.6) is 0 Å². The van der Waals surface area contributed by atoms with Crippen LogP contribution in [-0.2, 0) is 9.59 Å². The van der Waals surface area contributed by atoms with Crippen LogP contribution in [0.1, 0.15) is 5.56 Å². The average Bonchev–Trinajstić information content (AvgIpc) is 2.68. The number of carbonyl (C=O) groups is 2. The molecule has 0 atom stereocenters. The Morgan fingerprint density at radius 1 is 1.04 bits per heavy atom. The molecule has 1 aliphatic rings. The van der Waals surface area contributed by atoms with Crippen LogP contribution >= 0.6 is 0 Å². The van der Waals surface area contributed by atoms with E-state index in [0.717, 1.165) is 0 Å². The van der Waals surface area contributed by atoms with E-state index in [4.69, 9.17) is 5.26 Å². The maximum atomic E-state index is 12.3. The van der Waals surface area contributed by atoms with Gasteiger partial charge in [-0.3, -0.25) is 9.59 Å². The van der Waals surface area contributed by atoms with Gasteiger partial charge >= 0.3 is 11.8 Å². The van der Waals surface area contributed by atoms with Crippen LogP contribution in [-0.4, -0.2) is 52.9 Å². The Kier molecular flexibility index (Phi) is 4.85. The summed E-state index contributed by atoms with van der Waals surface area (Å²) in [6.45, 7) is 1.92. The fourth-order valence-electron chi connectivity index (χ4n) is 2.57. The molecular weight excluding hydrogens is 320 g/mol. The molecule has 1 aliphatic heterocycles. The van der Waals surface area contributed by atoms with Gasteiger partial charge < -0.3 is 15.1 Å². The summed E-state index contributed by atoms with van der Waals surface area (Å²) in [5, 5.41) is 11.6. The van der Waals surface area contributed by atoms with Gasteiger partial charge in [0.25, 0.3) is 0 Å². The second kappa shape index (κ2) is 7.40. The van der Waals surface area contributed by atoms with E-state index in [-0.39, 0.29) is 0 Å². The first-order valence-corrected chi connectivity index (χ1v) is 7.80. The summed E-state index contributed by atoms with van der Waals surface area (Å²) in [7, 11) is 0. The summed E-state index contributed by atoms with van der Waals surface area (Å²) < 4.78 is 0. The lowest BCUT2D eigenvalue weighted by Gasteiger charge is -2.34. The molecule has 1 N–H and O–H groups in total. The molecule has 2 heterocycles. The van der Waals surface area contributed by atoms with Crippen LogP contribution < -0.4 is 10.2 Å². The van der Waals surface area contributed by atoms with E-state index in [1.54, 1.807) is 42.7 Å². The highest BCUT2D eigenvalue weighted by molar-refractivity contribution is 6.39. The first-order valence-electron chi connectivity index (χ1n) is 7.80. The van der Waals surface area contributed by atoms with Gasteiger partial charge in [0.05, 0.1) is 11.3 Å². The molecule has 0 saturated carbocycles. The SMILES string of the molecule is N#Cc1ccccc1NC(=O)C(=O)N1CCN(c2ncccn2)CC1. The molecular formula is C17H16N6O2. The predicted molar refractivity (Wildman–Crippen MR) is 90.6 cm³/mol. The van der Waals surface area contributed by atoms with Crippen LogP contribution in [0, 0.1) is 11.3 Å². The lowest BCUT2D eigenvalue weighted by molar-refractivity contribution is -0.143. The van der Waals surface area contributed by atoms with Gasteiger partial charge in [0.1, 0.15) is 6.07 Å². The van der Waals surface area contributed by atoms with Gasteiger partial charge in [0.15, 0.2) is 0 Å². The second-order valence-electron chi connectivity index (χ2n) is 5.44. The third-order valence-corrected chi connectivity index (χ3v) is 3.89. The molecule has 126 valence electrons. The van der Waals surface area contributed by atoms with Crippen LogP contribution in [0.3, 0.4) is 0 Å². The topological polar surface area (TPSA) is 102 Å². The highest BCUT2D eigenvalue weighted by Gasteiger charge is 2.27. The molecule has 1 saturated heterocycles. The minimum atomic E-state index is -0.743. The number of para-hydroxylation sites is 1. The highest BCUT2D eigenvalue weighted by atomic mass is 16.2. The maximum Gasteiger partial charge on any atom is 0.313 e. The number of carbonyl (C=O) groups excluding carboxylic acids is 2. The average molecular weight is 336 g/mol. The molecule has 0 radical (unpaired) electrons. The zero-order chi connectivity index (χ0) is 17.6. The molecule has 0 unspecified atom stereocenters. The second-order valence-corrected chi connectivity index (χ2v) is 5.44. The van der Waals surface area contributed by atoms with Crippen LogP contribution in [0.25, 0.3) is 0 Å². The molecule has 8 nitrogen and oxygen atoms in total. The molecule has 0 spiro atoms. The summed E-state index contributed by atoms with van der Waals surface area (Å²) in [6, 6.07) is 10.3. The molecule has 1 aromatic heterocycles. The van der Waals surface area contributed by atoms with Crippen LogP contribution in [0.2, 0.25) is 0 Å². The Bertz CT molecular complexity index is 809. The normalized spacial score (nSPS) is 13.9. The summed E-state index contributed by atoms with van der Waals surface area (Å²) in [5.41, 5.74) is 0.648. The minimum absolute atomic E-state index is 0.315. The quantitative estimate of drug-likeness (QED) is 0.807. The number of piperazine rings is 1. The summed E-state index contributed by atoms with van der Waals surface area (Å²) in [4.78, 5) is 36.3. The molecule has 1 fully saturated rings. The monoisotopic (exact) mass is 336 g/mol. The van der Waals surface area contributed by atoms with E-state index in [0.29, 0.717) is 43.4 Å². The van der Waals surface area contributed by atoms with Crippen LogP contribution in [0.15, 0.2) is 42.7 Å². The van der Waals surface area contributed by atoms with Crippen molar-refractivity contribution in [2.75, 3.05) is 36.4 Å². The molecule has 0 bridgehead atoms. The Morgan fingerprint density at radius 3 is 2.40 bits per heavy atom. The lowest BCUT2D eigenvalue weighted by Crippen LogP contribution is -2.52. The summed E-state index contributed by atoms with van der Waals surface area (Å²) in [6.07, 6.45) is 3.33. The number of amides is 2. The van der Waals surface area contributed by atoms with E-state index in [1.165, 1.54) is 4.90 Å². The standard InChI is InChI=1S/C17H16N6O2/c18-12-13-4-1-2-5-14(13)21-15(24)16(25)22-8-10-23(11-9-22)17-19-6-3-7-20-17/h1-7H,8-11H2,(H,21,24). The molecule has 1 aromatic carbocycles. The van der Waals surface area contributed by atoms with Crippen molar-refractivity contribution in [3.05, 3.63) is 48.3 Å². The van der Waals surface area contributed by atoms with Crippen molar-refractivity contribution in [2.24, 2.45) is 0 Å². The number of nitrogens with one attached hydrogen (secondary N) is 1. The largest absolute Gasteiger partial charge is 0.337 e. The van der Waals surface area contributed by atoms with E-state index in [9.17, 15) is 9.59 Å². The van der Waals surface area contributed by atoms with Gasteiger partial charge in [0.2, 0.25) is 5.95 Å². The zero-order valence-corrected chi connectivity index (χ0v) is 13.4. The molecule has 25 heavy (non-hydrogen) atoms. The molecule has 3 rings (SSSR count). The van der Waals surface area contributed by atoms with Crippen molar-refractivity contribution in [3.8, 4) is 6.07 Å². The number of aromatic nitrogens is 2. The number of benzene rings is 1. The lowest BCUT2D eigenvalue weighted by atomic mass is 10.2. The molecule has 2 amide bonds. The Hall–Kier alpha value is -3.47. The molecule has 8 heteroatoms. The minimum Gasteiger partial charge on any atom is -0.337 e. The van der Waals surface area contributed by atoms with Crippen molar-refractivity contribution in [3.63, 3.8) is 0 Å².